The van der Waals surface area contributed by atoms with Gasteiger partial charge >= 0.3 is 0 Å². The average Bonchev–Trinajstić information content (AvgIpc) is 2.79. The van der Waals surface area contributed by atoms with Gasteiger partial charge in [0, 0.05) is 11.5 Å². The van der Waals surface area contributed by atoms with Crippen molar-refractivity contribution < 1.29 is 39.4 Å². The van der Waals surface area contributed by atoms with E-state index < -0.39 is 48.8 Å². The molecule has 4 rings (SSSR count). The monoisotopic (exact) mass is 418 g/mol. The third kappa shape index (κ3) is 3.26. The van der Waals surface area contributed by atoms with Crippen LogP contribution in [0.25, 0.3) is 0 Å². The van der Waals surface area contributed by atoms with Gasteiger partial charge in [-0.2, -0.15) is 0 Å². The molecule has 1 saturated carbocycles. The first-order valence-corrected chi connectivity index (χ1v) is 9.72. The van der Waals surface area contributed by atoms with Gasteiger partial charge in [0.25, 0.3) is 0 Å². The van der Waals surface area contributed by atoms with Crippen molar-refractivity contribution >= 4 is 0 Å². The van der Waals surface area contributed by atoms with Crippen LogP contribution in [-0.4, -0.2) is 71.3 Å². The zero-order valence-electron chi connectivity index (χ0n) is 16.7. The van der Waals surface area contributed by atoms with Crippen LogP contribution in [-0.2, 0) is 9.47 Å². The van der Waals surface area contributed by atoms with Crippen LogP contribution in [0.4, 0.5) is 0 Å². The Balaban J connectivity index is 1.65. The van der Waals surface area contributed by atoms with Crippen LogP contribution in [0.5, 0.6) is 11.5 Å². The molecule has 1 saturated heterocycles. The largest absolute Gasteiger partial charge is 0.497 e. The van der Waals surface area contributed by atoms with Gasteiger partial charge in [0.15, 0.2) is 6.29 Å². The van der Waals surface area contributed by atoms with Gasteiger partial charge < -0.3 is 39.4 Å². The summed E-state index contributed by atoms with van der Waals surface area (Å²) in [6, 6.07) is 13.9. The number of hydrogen-bond donors (Lipinski definition) is 4. The van der Waals surface area contributed by atoms with E-state index in [0.29, 0.717) is 22.6 Å². The van der Waals surface area contributed by atoms with E-state index in [1.54, 1.807) is 62.8 Å². The molecular formula is C22H26O8. The summed E-state index contributed by atoms with van der Waals surface area (Å²) in [5.41, 5.74) is -0.445. The number of methoxy groups -OCH3 is 2. The maximum Gasteiger partial charge on any atom is 0.185 e. The summed E-state index contributed by atoms with van der Waals surface area (Å²) in [6.07, 6.45) is -5.50. The first kappa shape index (κ1) is 21.0. The lowest BCUT2D eigenvalue weighted by Crippen LogP contribution is -2.78. The van der Waals surface area contributed by atoms with E-state index in [0.717, 1.165) is 0 Å². The molecule has 1 heterocycles. The zero-order chi connectivity index (χ0) is 21.5. The normalized spacial score (nSPS) is 33.9. The third-order valence-corrected chi connectivity index (χ3v) is 6.00. The highest BCUT2D eigenvalue weighted by atomic mass is 16.7. The molecule has 162 valence electrons. The van der Waals surface area contributed by atoms with Crippen LogP contribution in [0.3, 0.4) is 0 Å². The summed E-state index contributed by atoms with van der Waals surface area (Å²) in [4.78, 5) is 0. The molecule has 3 unspecified atom stereocenters. The number of aliphatic hydroxyl groups excluding tert-OH is 3. The second kappa shape index (κ2) is 8.14. The van der Waals surface area contributed by atoms with E-state index >= 15 is 0 Å². The molecule has 1 aliphatic carbocycles. The Morgan fingerprint density at radius 2 is 1.47 bits per heavy atom. The van der Waals surface area contributed by atoms with Crippen molar-refractivity contribution in [2.24, 2.45) is 0 Å². The van der Waals surface area contributed by atoms with E-state index in [9.17, 15) is 20.4 Å². The summed E-state index contributed by atoms with van der Waals surface area (Å²) in [7, 11) is 3.10. The van der Waals surface area contributed by atoms with Crippen molar-refractivity contribution in [2.45, 2.75) is 42.2 Å². The quantitative estimate of drug-likeness (QED) is 0.542. The smallest absolute Gasteiger partial charge is 0.185 e. The Morgan fingerprint density at radius 3 is 1.97 bits per heavy atom. The molecule has 2 aromatic carbocycles. The minimum Gasteiger partial charge on any atom is -0.497 e. The predicted octanol–water partition coefficient (Wildman–Crippen LogP) is 0.729. The number of fused-ring (bicyclic) bond motifs is 1. The number of benzene rings is 2. The van der Waals surface area contributed by atoms with Gasteiger partial charge in [-0.15, -0.1) is 0 Å². The maximum atomic E-state index is 11.5. The highest BCUT2D eigenvalue weighted by molar-refractivity contribution is 5.38. The zero-order valence-corrected chi connectivity index (χ0v) is 16.7. The Labute approximate surface area is 174 Å². The van der Waals surface area contributed by atoms with Gasteiger partial charge in [-0.25, -0.2) is 0 Å². The third-order valence-electron chi connectivity index (χ3n) is 6.00. The average molecular weight is 418 g/mol. The highest BCUT2D eigenvalue weighted by Crippen LogP contribution is 2.56. The number of hydrogen-bond acceptors (Lipinski definition) is 8. The Hall–Kier alpha value is -2.20. The standard InChI is InChI=1S/C22H26O8/c1-27-14-7-3-12(4-8-14)17-18(25)20-22(17,26)19(16(24)11-23)29-21(30-20)13-5-9-15(28-2)10-6-13/h3-10,16-21,23-26H,11H2,1-2H3/t16-,17?,18?,19-,20+,21?,22+/m1/s1. The van der Waals surface area contributed by atoms with Crippen LogP contribution in [0, 0.1) is 0 Å². The number of aliphatic hydroxyl groups is 4. The van der Waals surface area contributed by atoms with Crippen LogP contribution in [0.15, 0.2) is 48.5 Å². The minimum absolute atomic E-state index is 0.611. The fourth-order valence-corrected chi connectivity index (χ4v) is 4.40. The van der Waals surface area contributed by atoms with E-state index in [1.165, 1.54) is 0 Å². The molecule has 0 amide bonds. The van der Waals surface area contributed by atoms with Crippen LogP contribution >= 0.6 is 0 Å². The van der Waals surface area contributed by atoms with Crippen molar-refractivity contribution in [1.29, 1.82) is 0 Å². The molecular weight excluding hydrogens is 392 g/mol. The maximum absolute atomic E-state index is 11.5. The molecule has 2 aliphatic rings. The SMILES string of the molecule is COc1ccc(C2O[C@H]([C@H](O)CO)[C@@]3(O)C(c4ccc(OC)cc4)C(O)[C@@H]3O2)cc1. The lowest BCUT2D eigenvalue weighted by atomic mass is 9.57. The fourth-order valence-electron chi connectivity index (χ4n) is 4.40. The molecule has 0 bridgehead atoms. The van der Waals surface area contributed by atoms with Crippen molar-refractivity contribution in [3.63, 3.8) is 0 Å². The molecule has 30 heavy (non-hydrogen) atoms. The molecule has 2 fully saturated rings. The van der Waals surface area contributed by atoms with Gasteiger partial charge in [0.05, 0.1) is 26.9 Å². The first-order chi connectivity index (χ1) is 14.4. The van der Waals surface area contributed by atoms with Gasteiger partial charge in [-0.1, -0.05) is 24.3 Å². The molecule has 4 N–H and O–H groups in total. The second-order valence-electron chi connectivity index (χ2n) is 7.60. The lowest BCUT2D eigenvalue weighted by Gasteiger charge is -2.62. The van der Waals surface area contributed by atoms with E-state index in [2.05, 4.69) is 0 Å². The summed E-state index contributed by atoms with van der Waals surface area (Å²) in [5, 5.41) is 42.4. The van der Waals surface area contributed by atoms with Gasteiger partial charge in [0.1, 0.15) is 35.4 Å². The fraction of sp³-hybridized carbons (Fsp3) is 0.455. The van der Waals surface area contributed by atoms with E-state index in [4.69, 9.17) is 18.9 Å². The van der Waals surface area contributed by atoms with Crippen LogP contribution in [0.1, 0.15) is 23.3 Å². The Bertz CT molecular complexity index is 854. The van der Waals surface area contributed by atoms with Crippen molar-refractivity contribution in [3.8, 4) is 11.5 Å². The minimum atomic E-state index is -1.72. The van der Waals surface area contributed by atoms with Crippen molar-refractivity contribution in [3.05, 3.63) is 59.7 Å². The second-order valence-corrected chi connectivity index (χ2v) is 7.60. The Kier molecular flexibility index (Phi) is 5.71. The number of ether oxygens (including phenoxy) is 4. The molecule has 1 aliphatic heterocycles. The van der Waals surface area contributed by atoms with E-state index in [-0.39, 0.29) is 0 Å². The first-order valence-electron chi connectivity index (χ1n) is 9.72. The topological polar surface area (TPSA) is 118 Å². The molecule has 0 aromatic heterocycles. The van der Waals surface area contributed by atoms with Gasteiger partial charge in [-0.3, -0.25) is 0 Å². The summed E-state index contributed by atoms with van der Waals surface area (Å²) >= 11 is 0. The molecule has 8 heteroatoms. The van der Waals surface area contributed by atoms with Crippen molar-refractivity contribution in [1.82, 2.24) is 0 Å². The van der Waals surface area contributed by atoms with Gasteiger partial charge in [-0.05, 0) is 29.8 Å². The van der Waals surface area contributed by atoms with Gasteiger partial charge in [0.2, 0.25) is 0 Å². The molecule has 7 atom stereocenters. The highest BCUT2D eigenvalue weighted by Gasteiger charge is 2.70. The molecule has 8 nitrogen and oxygen atoms in total. The van der Waals surface area contributed by atoms with Crippen molar-refractivity contribution in [2.75, 3.05) is 20.8 Å². The van der Waals surface area contributed by atoms with Crippen LogP contribution < -0.4 is 9.47 Å². The Morgan fingerprint density at radius 1 is 0.933 bits per heavy atom. The molecule has 2 aromatic rings. The predicted molar refractivity (Wildman–Crippen MR) is 105 cm³/mol. The molecule has 0 radical (unpaired) electrons. The number of rotatable bonds is 6. The summed E-state index contributed by atoms with van der Waals surface area (Å²) < 4.78 is 22.1. The summed E-state index contributed by atoms with van der Waals surface area (Å²) in [6.45, 7) is -0.611. The molecule has 0 spiro atoms. The summed E-state index contributed by atoms with van der Waals surface area (Å²) in [5.74, 6) is 0.524. The lowest BCUT2D eigenvalue weighted by molar-refractivity contribution is -0.403. The van der Waals surface area contributed by atoms with Crippen LogP contribution in [0.2, 0.25) is 0 Å². The van der Waals surface area contributed by atoms with E-state index in [1.807, 2.05) is 0 Å².